The number of hydrogen-bond acceptors (Lipinski definition) is 1. The van der Waals surface area contributed by atoms with Crippen LogP contribution in [0.15, 0.2) is 43.0 Å². The summed E-state index contributed by atoms with van der Waals surface area (Å²) in [6.07, 6.45) is 1.75. The molecule has 0 aromatic heterocycles. The Morgan fingerprint density at radius 2 is 1.57 bits per heavy atom. The largest absolute Gasteiger partial charge is 0.478 e. The molecule has 0 amide bonds. The first kappa shape index (κ1) is 18.9. The number of carbonyl (C=O) groups is 1. The molecule has 1 saturated carbocycles. The third-order valence-electron chi connectivity index (χ3n) is 6.61. The van der Waals surface area contributed by atoms with Gasteiger partial charge in [-0.3, -0.25) is 0 Å². The standard InChI is InChI=1S/C24H24F2O2/c1-14(15-4-6-16(7-5-15)22(27)28)17-12-20-19(13-18(17)21(25)26)23(2,3)8-9-24(20)10-11-24/h4-7,12-13,21H,1,8-11H2,2-3H3,(H,27,28). The lowest BCUT2D eigenvalue weighted by molar-refractivity contribution is 0.0697. The van der Waals surface area contributed by atoms with Crippen molar-refractivity contribution < 1.29 is 18.7 Å². The van der Waals surface area contributed by atoms with Gasteiger partial charge in [0.05, 0.1) is 5.56 Å². The van der Waals surface area contributed by atoms with Crippen LogP contribution in [0.4, 0.5) is 8.78 Å². The van der Waals surface area contributed by atoms with Crippen LogP contribution in [-0.4, -0.2) is 11.1 Å². The van der Waals surface area contributed by atoms with Crippen molar-refractivity contribution in [3.63, 3.8) is 0 Å². The summed E-state index contributed by atoms with van der Waals surface area (Å²) in [5, 5.41) is 9.07. The molecule has 4 rings (SSSR count). The average Bonchev–Trinajstić information content (AvgIpc) is 3.45. The van der Waals surface area contributed by atoms with E-state index in [0.717, 1.165) is 31.2 Å². The predicted molar refractivity (Wildman–Crippen MR) is 106 cm³/mol. The summed E-state index contributed by atoms with van der Waals surface area (Å²) in [6, 6.07) is 9.88. The molecule has 28 heavy (non-hydrogen) atoms. The first-order chi connectivity index (χ1) is 13.1. The molecule has 1 fully saturated rings. The Kier molecular flexibility index (Phi) is 4.22. The first-order valence-electron chi connectivity index (χ1n) is 9.65. The maximum atomic E-state index is 14.0. The van der Waals surface area contributed by atoms with Gasteiger partial charge in [-0.05, 0) is 88.6 Å². The molecule has 0 heterocycles. The minimum atomic E-state index is -2.59. The predicted octanol–water partition coefficient (Wildman–Crippen LogP) is 6.49. The van der Waals surface area contributed by atoms with Crippen LogP contribution in [-0.2, 0) is 10.8 Å². The summed E-state index contributed by atoms with van der Waals surface area (Å²) in [4.78, 5) is 11.1. The quantitative estimate of drug-likeness (QED) is 0.656. The minimum absolute atomic E-state index is 0.0110. The molecule has 4 heteroatoms. The summed E-state index contributed by atoms with van der Waals surface area (Å²) in [5.74, 6) is -1.02. The molecule has 146 valence electrons. The van der Waals surface area contributed by atoms with Crippen LogP contribution in [0.5, 0.6) is 0 Å². The van der Waals surface area contributed by atoms with Gasteiger partial charge in [0.25, 0.3) is 6.43 Å². The Labute approximate surface area is 163 Å². The van der Waals surface area contributed by atoms with Crippen molar-refractivity contribution in [2.24, 2.45) is 0 Å². The Hall–Kier alpha value is -2.49. The van der Waals surface area contributed by atoms with E-state index in [2.05, 4.69) is 20.4 Å². The van der Waals surface area contributed by atoms with Crippen LogP contribution in [0.25, 0.3) is 5.57 Å². The van der Waals surface area contributed by atoms with E-state index in [0.29, 0.717) is 16.7 Å². The lowest BCUT2D eigenvalue weighted by Gasteiger charge is -2.38. The summed E-state index contributed by atoms with van der Waals surface area (Å²) in [7, 11) is 0. The van der Waals surface area contributed by atoms with Gasteiger partial charge in [-0.1, -0.05) is 32.6 Å². The monoisotopic (exact) mass is 382 g/mol. The second-order valence-electron chi connectivity index (χ2n) is 8.81. The van der Waals surface area contributed by atoms with Gasteiger partial charge >= 0.3 is 5.97 Å². The summed E-state index contributed by atoms with van der Waals surface area (Å²) in [6.45, 7) is 8.35. The van der Waals surface area contributed by atoms with Crippen molar-refractivity contribution in [1.82, 2.24) is 0 Å². The number of aromatic carboxylic acids is 1. The second-order valence-corrected chi connectivity index (χ2v) is 8.81. The molecule has 0 radical (unpaired) electrons. The Morgan fingerprint density at radius 1 is 1.00 bits per heavy atom. The van der Waals surface area contributed by atoms with Crippen LogP contribution in [0.2, 0.25) is 0 Å². The van der Waals surface area contributed by atoms with Gasteiger partial charge in [-0.25, -0.2) is 13.6 Å². The van der Waals surface area contributed by atoms with Gasteiger partial charge < -0.3 is 5.11 Å². The van der Waals surface area contributed by atoms with Gasteiger partial charge in [0.1, 0.15) is 0 Å². The first-order valence-corrected chi connectivity index (χ1v) is 9.65. The van der Waals surface area contributed by atoms with Crippen LogP contribution in [0.1, 0.15) is 84.1 Å². The number of halogens is 2. The molecule has 0 aliphatic heterocycles. The van der Waals surface area contributed by atoms with Gasteiger partial charge in [0, 0.05) is 5.56 Å². The van der Waals surface area contributed by atoms with E-state index in [9.17, 15) is 13.6 Å². The van der Waals surface area contributed by atoms with E-state index in [-0.39, 0.29) is 22.0 Å². The molecule has 1 spiro atoms. The van der Waals surface area contributed by atoms with Crippen LogP contribution < -0.4 is 0 Å². The molecule has 2 aliphatic carbocycles. The van der Waals surface area contributed by atoms with Crippen molar-refractivity contribution in [2.75, 3.05) is 0 Å². The minimum Gasteiger partial charge on any atom is -0.478 e. The number of alkyl halides is 2. The highest BCUT2D eigenvalue weighted by atomic mass is 19.3. The maximum Gasteiger partial charge on any atom is 0.335 e. The fourth-order valence-corrected chi connectivity index (χ4v) is 4.52. The van der Waals surface area contributed by atoms with Gasteiger partial charge in [-0.2, -0.15) is 0 Å². The highest BCUT2D eigenvalue weighted by Crippen LogP contribution is 2.60. The maximum absolute atomic E-state index is 14.0. The molecular formula is C24H24F2O2. The SMILES string of the molecule is C=C(c1ccc(C(=O)O)cc1)c1cc2c(cc1C(F)F)C(C)(C)CCC21CC1. The molecule has 1 N–H and O–H groups in total. The molecule has 2 nitrogen and oxygen atoms in total. The van der Waals surface area contributed by atoms with Gasteiger partial charge in [0.15, 0.2) is 0 Å². The van der Waals surface area contributed by atoms with Crippen LogP contribution in [0, 0.1) is 0 Å². The summed E-state index contributed by atoms with van der Waals surface area (Å²) >= 11 is 0. The molecule has 0 atom stereocenters. The van der Waals surface area contributed by atoms with E-state index in [1.807, 2.05) is 6.07 Å². The lowest BCUT2D eigenvalue weighted by atomic mass is 9.66. The van der Waals surface area contributed by atoms with Crippen molar-refractivity contribution in [1.29, 1.82) is 0 Å². The average molecular weight is 382 g/mol. The molecule has 2 aromatic rings. The smallest absolute Gasteiger partial charge is 0.335 e. The highest BCUT2D eigenvalue weighted by Gasteiger charge is 2.50. The zero-order valence-corrected chi connectivity index (χ0v) is 16.2. The highest BCUT2D eigenvalue weighted by molar-refractivity contribution is 5.89. The summed E-state index contributed by atoms with van der Waals surface area (Å²) < 4.78 is 28.0. The lowest BCUT2D eigenvalue weighted by Crippen LogP contribution is -2.30. The number of benzene rings is 2. The topological polar surface area (TPSA) is 37.3 Å². The van der Waals surface area contributed by atoms with Gasteiger partial charge in [-0.15, -0.1) is 0 Å². The van der Waals surface area contributed by atoms with Crippen molar-refractivity contribution >= 4 is 11.5 Å². The van der Waals surface area contributed by atoms with Gasteiger partial charge in [0.2, 0.25) is 0 Å². The molecule has 0 unspecified atom stereocenters. The number of hydrogen-bond donors (Lipinski definition) is 1. The van der Waals surface area contributed by atoms with E-state index < -0.39 is 12.4 Å². The normalized spacial score (nSPS) is 18.8. The number of fused-ring (bicyclic) bond motifs is 2. The number of carboxylic acid groups (broad SMARTS) is 1. The van der Waals surface area contributed by atoms with Crippen LogP contribution in [0.3, 0.4) is 0 Å². The third-order valence-corrected chi connectivity index (χ3v) is 6.61. The van der Waals surface area contributed by atoms with Crippen molar-refractivity contribution in [3.8, 4) is 0 Å². The molecular weight excluding hydrogens is 358 g/mol. The Balaban J connectivity index is 1.84. The molecule has 2 aliphatic rings. The Bertz CT molecular complexity index is 967. The Morgan fingerprint density at radius 3 is 2.11 bits per heavy atom. The fourth-order valence-electron chi connectivity index (χ4n) is 4.52. The summed E-state index contributed by atoms with van der Waals surface area (Å²) in [5.41, 5.74) is 4.09. The fraction of sp³-hybridized carbons (Fsp3) is 0.375. The third kappa shape index (κ3) is 2.95. The molecule has 0 saturated heterocycles. The van der Waals surface area contributed by atoms with E-state index in [4.69, 9.17) is 5.11 Å². The molecule has 2 aromatic carbocycles. The van der Waals surface area contributed by atoms with Crippen LogP contribution >= 0.6 is 0 Å². The zero-order chi connectivity index (χ0) is 20.3. The van der Waals surface area contributed by atoms with Crippen molar-refractivity contribution in [3.05, 3.63) is 76.4 Å². The number of carboxylic acids is 1. The van der Waals surface area contributed by atoms with E-state index in [1.165, 1.54) is 17.7 Å². The zero-order valence-electron chi connectivity index (χ0n) is 16.2. The van der Waals surface area contributed by atoms with E-state index in [1.54, 1.807) is 18.2 Å². The van der Waals surface area contributed by atoms with Crippen molar-refractivity contribution in [2.45, 2.75) is 56.8 Å². The van der Waals surface area contributed by atoms with E-state index >= 15 is 0 Å². The second kappa shape index (κ2) is 6.26. The molecule has 0 bridgehead atoms. The number of rotatable bonds is 4.